The van der Waals surface area contributed by atoms with Gasteiger partial charge in [0.05, 0.1) is 12.1 Å². The summed E-state index contributed by atoms with van der Waals surface area (Å²) in [6.45, 7) is 4.58. The highest BCUT2D eigenvalue weighted by molar-refractivity contribution is 6.29. The summed E-state index contributed by atoms with van der Waals surface area (Å²) in [5.41, 5.74) is 0. The first-order valence-corrected chi connectivity index (χ1v) is 6.41. The molecule has 1 aliphatic heterocycles. The Morgan fingerprint density at radius 3 is 2.88 bits per heavy atom. The van der Waals surface area contributed by atoms with Crippen LogP contribution in [0.5, 0.6) is 0 Å². The molecule has 1 aromatic heterocycles. The van der Waals surface area contributed by atoms with Crippen molar-refractivity contribution in [2.45, 2.75) is 45.3 Å². The number of anilines is 1. The van der Waals surface area contributed by atoms with Gasteiger partial charge in [-0.2, -0.15) is 0 Å². The number of halogens is 1. The molecule has 4 nitrogen and oxygen atoms in total. The molecule has 0 spiro atoms. The standard InChI is InChI=1S/C12H18ClN3O/c1-8(17)10-5-3-4-6-16(10)12-7-11(13)14-9(2)15-12/h7-8,10,17H,3-6H2,1-2H3/t8-,10+/m0/s1. The first-order chi connectivity index (χ1) is 8.08. The van der Waals surface area contributed by atoms with Crippen molar-refractivity contribution in [1.82, 2.24) is 9.97 Å². The Kier molecular flexibility index (Phi) is 3.84. The van der Waals surface area contributed by atoms with Gasteiger partial charge in [-0.3, -0.25) is 0 Å². The van der Waals surface area contributed by atoms with Gasteiger partial charge in [0.15, 0.2) is 0 Å². The highest BCUT2D eigenvalue weighted by Gasteiger charge is 2.27. The van der Waals surface area contributed by atoms with Crippen LogP contribution in [0.4, 0.5) is 5.82 Å². The van der Waals surface area contributed by atoms with E-state index in [1.54, 1.807) is 6.07 Å². The van der Waals surface area contributed by atoms with Gasteiger partial charge in [0, 0.05) is 12.6 Å². The zero-order valence-electron chi connectivity index (χ0n) is 10.2. The van der Waals surface area contributed by atoms with Crippen LogP contribution < -0.4 is 4.90 Å². The van der Waals surface area contributed by atoms with Crippen molar-refractivity contribution in [2.24, 2.45) is 0 Å². The molecular formula is C12H18ClN3O. The molecule has 0 saturated carbocycles. The molecular weight excluding hydrogens is 238 g/mol. The summed E-state index contributed by atoms with van der Waals surface area (Å²) < 4.78 is 0. The summed E-state index contributed by atoms with van der Waals surface area (Å²) in [4.78, 5) is 10.6. The van der Waals surface area contributed by atoms with Gasteiger partial charge in [-0.1, -0.05) is 11.6 Å². The van der Waals surface area contributed by atoms with Crippen molar-refractivity contribution in [3.05, 3.63) is 17.0 Å². The predicted octanol–water partition coefficient (Wildman–Crippen LogP) is 2.18. The smallest absolute Gasteiger partial charge is 0.134 e. The number of piperidine rings is 1. The van der Waals surface area contributed by atoms with Gasteiger partial charge in [-0.25, -0.2) is 9.97 Å². The first kappa shape index (κ1) is 12.6. The SMILES string of the molecule is Cc1nc(Cl)cc(N2CCCC[C@@H]2[C@H](C)O)n1. The van der Waals surface area contributed by atoms with Gasteiger partial charge in [0.1, 0.15) is 16.8 Å². The van der Waals surface area contributed by atoms with Crippen molar-refractivity contribution in [2.75, 3.05) is 11.4 Å². The molecule has 0 bridgehead atoms. The lowest BCUT2D eigenvalue weighted by Gasteiger charge is -2.38. The third-order valence-corrected chi connectivity index (χ3v) is 3.39. The van der Waals surface area contributed by atoms with Gasteiger partial charge in [0.2, 0.25) is 0 Å². The Morgan fingerprint density at radius 2 is 2.24 bits per heavy atom. The number of aliphatic hydroxyl groups is 1. The largest absolute Gasteiger partial charge is 0.391 e. The van der Waals surface area contributed by atoms with Crippen molar-refractivity contribution in [1.29, 1.82) is 0 Å². The molecule has 5 heteroatoms. The molecule has 0 aromatic carbocycles. The predicted molar refractivity (Wildman–Crippen MR) is 68.4 cm³/mol. The van der Waals surface area contributed by atoms with E-state index >= 15 is 0 Å². The van der Waals surface area contributed by atoms with E-state index in [1.807, 2.05) is 13.8 Å². The Balaban J connectivity index is 2.29. The molecule has 94 valence electrons. The molecule has 1 aromatic rings. The molecule has 2 rings (SSSR count). The molecule has 0 aliphatic carbocycles. The summed E-state index contributed by atoms with van der Waals surface area (Å²) in [5.74, 6) is 1.50. The molecule has 0 unspecified atom stereocenters. The van der Waals surface area contributed by atoms with E-state index in [4.69, 9.17) is 11.6 Å². The second-order valence-corrected chi connectivity index (χ2v) is 4.98. The van der Waals surface area contributed by atoms with Crippen LogP contribution >= 0.6 is 11.6 Å². The van der Waals surface area contributed by atoms with Crippen LogP contribution in [-0.4, -0.2) is 33.8 Å². The second kappa shape index (κ2) is 5.19. The first-order valence-electron chi connectivity index (χ1n) is 6.04. The molecule has 1 saturated heterocycles. The molecule has 0 amide bonds. The van der Waals surface area contributed by atoms with Crippen LogP contribution in [0.1, 0.15) is 32.0 Å². The van der Waals surface area contributed by atoms with Crippen LogP contribution in [0.25, 0.3) is 0 Å². The average Bonchev–Trinajstić information content (AvgIpc) is 2.27. The monoisotopic (exact) mass is 255 g/mol. The van der Waals surface area contributed by atoms with E-state index in [0.29, 0.717) is 11.0 Å². The van der Waals surface area contributed by atoms with Gasteiger partial charge in [0.25, 0.3) is 0 Å². The zero-order chi connectivity index (χ0) is 12.4. The van der Waals surface area contributed by atoms with Gasteiger partial charge < -0.3 is 10.0 Å². The van der Waals surface area contributed by atoms with Crippen LogP contribution in [0.15, 0.2) is 6.07 Å². The van der Waals surface area contributed by atoms with Crippen molar-refractivity contribution in [3.63, 3.8) is 0 Å². The maximum absolute atomic E-state index is 9.83. The molecule has 2 atom stereocenters. The van der Waals surface area contributed by atoms with Crippen LogP contribution in [0.3, 0.4) is 0 Å². The summed E-state index contributed by atoms with van der Waals surface area (Å²) in [6, 6.07) is 1.91. The van der Waals surface area contributed by atoms with Gasteiger partial charge in [-0.15, -0.1) is 0 Å². The fourth-order valence-electron chi connectivity index (χ4n) is 2.41. The van der Waals surface area contributed by atoms with E-state index in [1.165, 1.54) is 0 Å². The Morgan fingerprint density at radius 1 is 1.47 bits per heavy atom. The minimum absolute atomic E-state index is 0.133. The molecule has 2 heterocycles. The Hall–Kier alpha value is -0.870. The van der Waals surface area contributed by atoms with E-state index in [-0.39, 0.29) is 12.1 Å². The summed E-state index contributed by atoms with van der Waals surface area (Å²) in [5, 5.41) is 10.3. The van der Waals surface area contributed by atoms with E-state index in [9.17, 15) is 5.11 Å². The topological polar surface area (TPSA) is 49.2 Å². The summed E-state index contributed by atoms with van der Waals surface area (Å²) in [6.07, 6.45) is 2.93. The number of aliphatic hydroxyl groups excluding tert-OH is 1. The number of aromatic nitrogens is 2. The van der Waals surface area contributed by atoms with E-state index in [2.05, 4.69) is 14.9 Å². The molecule has 17 heavy (non-hydrogen) atoms. The lowest BCUT2D eigenvalue weighted by atomic mass is 9.98. The van der Waals surface area contributed by atoms with Gasteiger partial charge in [-0.05, 0) is 33.1 Å². The molecule has 1 aliphatic rings. The summed E-state index contributed by atoms with van der Waals surface area (Å²) >= 11 is 5.96. The maximum atomic E-state index is 9.83. The number of aryl methyl sites for hydroxylation is 1. The zero-order valence-corrected chi connectivity index (χ0v) is 11.0. The number of rotatable bonds is 2. The minimum Gasteiger partial charge on any atom is -0.391 e. The Bertz CT molecular complexity index is 377. The third-order valence-electron chi connectivity index (χ3n) is 3.19. The normalized spacial score (nSPS) is 22.6. The van der Waals surface area contributed by atoms with Crippen molar-refractivity contribution < 1.29 is 5.11 Å². The van der Waals surface area contributed by atoms with Crippen LogP contribution in [0, 0.1) is 6.92 Å². The minimum atomic E-state index is -0.357. The quantitative estimate of drug-likeness (QED) is 0.823. The highest BCUT2D eigenvalue weighted by Crippen LogP contribution is 2.26. The fourth-order valence-corrected chi connectivity index (χ4v) is 2.63. The van der Waals surface area contributed by atoms with Crippen LogP contribution in [-0.2, 0) is 0 Å². The molecule has 1 fully saturated rings. The maximum Gasteiger partial charge on any atom is 0.134 e. The number of hydrogen-bond donors (Lipinski definition) is 1. The highest BCUT2D eigenvalue weighted by atomic mass is 35.5. The fraction of sp³-hybridized carbons (Fsp3) is 0.667. The van der Waals surface area contributed by atoms with Crippen molar-refractivity contribution in [3.8, 4) is 0 Å². The van der Waals surface area contributed by atoms with Crippen LogP contribution in [0.2, 0.25) is 5.15 Å². The van der Waals surface area contributed by atoms with Crippen molar-refractivity contribution >= 4 is 17.4 Å². The molecule has 0 radical (unpaired) electrons. The second-order valence-electron chi connectivity index (χ2n) is 4.59. The lowest BCUT2D eigenvalue weighted by Crippen LogP contribution is -2.46. The average molecular weight is 256 g/mol. The number of nitrogens with zero attached hydrogens (tertiary/aromatic N) is 3. The summed E-state index contributed by atoms with van der Waals surface area (Å²) in [7, 11) is 0. The third kappa shape index (κ3) is 2.87. The Labute approximate surface area is 107 Å². The van der Waals surface area contributed by atoms with E-state index < -0.39 is 0 Å². The number of hydrogen-bond acceptors (Lipinski definition) is 4. The lowest BCUT2D eigenvalue weighted by molar-refractivity contribution is 0.145. The van der Waals surface area contributed by atoms with Gasteiger partial charge >= 0.3 is 0 Å². The molecule has 1 N–H and O–H groups in total. The van der Waals surface area contributed by atoms with E-state index in [0.717, 1.165) is 31.6 Å².